The van der Waals surface area contributed by atoms with Crippen molar-refractivity contribution in [3.05, 3.63) is 57.6 Å². The van der Waals surface area contributed by atoms with Crippen molar-refractivity contribution in [2.75, 3.05) is 22.4 Å². The van der Waals surface area contributed by atoms with E-state index in [0.717, 1.165) is 32.8 Å². The molecule has 2 aromatic rings. The number of nitrogens with zero attached hydrogens (tertiary/aromatic N) is 1. The van der Waals surface area contributed by atoms with Crippen LogP contribution in [0.3, 0.4) is 0 Å². The topological polar surface area (TPSA) is 66.5 Å². The number of amides is 1. The molecule has 0 spiro atoms. The average Bonchev–Trinajstić information content (AvgIpc) is 2.48. The van der Waals surface area contributed by atoms with Crippen molar-refractivity contribution in [3.63, 3.8) is 0 Å². The van der Waals surface area contributed by atoms with Gasteiger partial charge < -0.3 is 5.32 Å². The highest BCUT2D eigenvalue weighted by Gasteiger charge is 2.23. The molecule has 26 heavy (non-hydrogen) atoms. The Hall–Kier alpha value is -2.05. The van der Waals surface area contributed by atoms with Crippen molar-refractivity contribution in [2.45, 2.75) is 27.7 Å². The van der Waals surface area contributed by atoms with Crippen LogP contribution in [0, 0.1) is 27.7 Å². The third-order valence-corrected chi connectivity index (χ3v) is 5.43. The summed E-state index contributed by atoms with van der Waals surface area (Å²) in [5, 5.41) is 3.16. The summed E-state index contributed by atoms with van der Waals surface area (Å²) in [5.74, 6) is -0.454. The van der Waals surface area contributed by atoms with Crippen LogP contribution < -0.4 is 9.62 Å². The summed E-state index contributed by atoms with van der Waals surface area (Å²) in [6.45, 7) is 7.17. The molecule has 0 heterocycles. The van der Waals surface area contributed by atoms with Gasteiger partial charge in [0, 0.05) is 0 Å². The lowest BCUT2D eigenvalue weighted by molar-refractivity contribution is -0.114. The van der Waals surface area contributed by atoms with Crippen LogP contribution in [0.4, 0.5) is 11.4 Å². The molecule has 5 nitrogen and oxygen atoms in total. The third kappa shape index (κ3) is 4.77. The fraction of sp³-hybridized carbons (Fsp3) is 0.316. The second-order valence-corrected chi connectivity index (χ2v) is 8.86. The molecule has 0 fully saturated rings. The number of anilines is 2. The van der Waals surface area contributed by atoms with E-state index in [0.29, 0.717) is 16.4 Å². The van der Waals surface area contributed by atoms with E-state index >= 15 is 0 Å². The average molecular weight is 395 g/mol. The highest BCUT2D eigenvalue weighted by atomic mass is 35.5. The molecule has 0 aliphatic rings. The first-order valence-corrected chi connectivity index (χ1v) is 10.3. The summed E-state index contributed by atoms with van der Waals surface area (Å²) in [4.78, 5) is 12.5. The summed E-state index contributed by atoms with van der Waals surface area (Å²) in [6.07, 6.45) is 1.09. The molecule has 0 radical (unpaired) electrons. The van der Waals surface area contributed by atoms with Gasteiger partial charge >= 0.3 is 0 Å². The minimum atomic E-state index is -3.63. The van der Waals surface area contributed by atoms with Crippen molar-refractivity contribution in [3.8, 4) is 0 Å². The Kier molecular flexibility index (Phi) is 5.98. The molecule has 2 rings (SSSR count). The Labute approximate surface area is 160 Å². The van der Waals surface area contributed by atoms with E-state index in [9.17, 15) is 13.2 Å². The summed E-state index contributed by atoms with van der Waals surface area (Å²) in [6, 6.07) is 9.07. The molecule has 1 amide bonds. The normalized spacial score (nSPS) is 11.3. The molecule has 0 bridgehead atoms. The van der Waals surface area contributed by atoms with Crippen LogP contribution >= 0.6 is 11.6 Å². The first kappa shape index (κ1) is 20.3. The van der Waals surface area contributed by atoms with Crippen LogP contribution in [0.25, 0.3) is 0 Å². The maximum atomic E-state index is 12.5. The lowest BCUT2D eigenvalue weighted by Gasteiger charge is -2.24. The van der Waals surface area contributed by atoms with Gasteiger partial charge in [-0.3, -0.25) is 9.10 Å². The smallest absolute Gasteiger partial charge is 0.245 e. The van der Waals surface area contributed by atoms with Crippen molar-refractivity contribution in [1.29, 1.82) is 0 Å². The second-order valence-electron chi connectivity index (χ2n) is 6.55. The number of carbonyl (C=O) groups excluding carboxylic acids is 1. The zero-order valence-corrected chi connectivity index (χ0v) is 17.1. The maximum absolute atomic E-state index is 12.5. The third-order valence-electron chi connectivity index (χ3n) is 4.00. The summed E-state index contributed by atoms with van der Waals surface area (Å²) in [5.41, 5.74) is 4.59. The number of nitrogens with one attached hydrogen (secondary N) is 1. The quantitative estimate of drug-likeness (QED) is 0.834. The number of sulfonamides is 1. The van der Waals surface area contributed by atoms with Crippen LogP contribution in [0.2, 0.25) is 5.02 Å². The maximum Gasteiger partial charge on any atom is 0.245 e. The number of rotatable bonds is 5. The zero-order chi connectivity index (χ0) is 19.6. The van der Waals surface area contributed by atoms with Gasteiger partial charge in [0.15, 0.2) is 0 Å². The van der Waals surface area contributed by atoms with Crippen molar-refractivity contribution < 1.29 is 13.2 Å². The van der Waals surface area contributed by atoms with Crippen molar-refractivity contribution in [1.82, 2.24) is 0 Å². The predicted octanol–water partition coefficient (Wildman–Crippen LogP) is 3.98. The zero-order valence-electron chi connectivity index (χ0n) is 15.6. The molecular formula is C19H23ClN2O3S. The van der Waals surface area contributed by atoms with Gasteiger partial charge in [-0.1, -0.05) is 35.4 Å². The van der Waals surface area contributed by atoms with Gasteiger partial charge in [0.05, 0.1) is 22.7 Å². The van der Waals surface area contributed by atoms with E-state index in [2.05, 4.69) is 5.32 Å². The molecule has 7 heteroatoms. The first-order chi connectivity index (χ1) is 12.0. The number of hydrogen-bond acceptors (Lipinski definition) is 3. The van der Waals surface area contributed by atoms with Crippen LogP contribution in [0.5, 0.6) is 0 Å². The van der Waals surface area contributed by atoms with Gasteiger partial charge in [-0.05, 0) is 56.5 Å². The minimum absolute atomic E-state index is 0.327. The summed E-state index contributed by atoms with van der Waals surface area (Å²) in [7, 11) is -3.63. The van der Waals surface area contributed by atoms with Crippen molar-refractivity contribution in [2.24, 2.45) is 0 Å². The Morgan fingerprint density at radius 3 is 2.19 bits per heavy atom. The molecule has 0 aliphatic heterocycles. The standard InChI is InChI=1S/C19H23ClN2O3S/c1-12-6-7-17(14(3)8-12)22(26(5,24)25)11-18(23)21-19-15(4)9-13(2)10-16(19)20/h6-10H,11H2,1-5H3,(H,21,23). The molecule has 0 unspecified atom stereocenters. The molecule has 0 aromatic heterocycles. The monoisotopic (exact) mass is 394 g/mol. The van der Waals surface area contributed by atoms with Gasteiger partial charge in [-0.25, -0.2) is 8.42 Å². The molecule has 0 saturated carbocycles. The van der Waals surface area contributed by atoms with Crippen LogP contribution in [-0.4, -0.2) is 27.1 Å². The lowest BCUT2D eigenvalue weighted by atomic mass is 10.1. The highest BCUT2D eigenvalue weighted by Crippen LogP contribution is 2.28. The molecule has 2 aromatic carbocycles. The Morgan fingerprint density at radius 1 is 1.04 bits per heavy atom. The van der Waals surface area contributed by atoms with Crippen LogP contribution in [-0.2, 0) is 14.8 Å². The number of halogens is 1. The Bertz CT molecular complexity index is 932. The van der Waals surface area contributed by atoms with Crippen molar-refractivity contribution >= 4 is 38.9 Å². The van der Waals surface area contributed by atoms with Gasteiger partial charge in [0.25, 0.3) is 0 Å². The van der Waals surface area contributed by atoms with E-state index in [-0.39, 0.29) is 6.54 Å². The van der Waals surface area contributed by atoms with Gasteiger partial charge in [-0.15, -0.1) is 0 Å². The van der Waals surface area contributed by atoms with E-state index in [1.807, 2.05) is 45.9 Å². The molecule has 0 saturated heterocycles. The fourth-order valence-corrected chi connectivity index (χ4v) is 4.13. The minimum Gasteiger partial charge on any atom is -0.323 e. The van der Waals surface area contributed by atoms with Crippen LogP contribution in [0.15, 0.2) is 30.3 Å². The molecule has 1 N–H and O–H groups in total. The SMILES string of the molecule is Cc1ccc(N(CC(=O)Nc2c(C)cc(C)cc2Cl)S(C)(=O)=O)c(C)c1. The molecular weight excluding hydrogens is 372 g/mol. The van der Waals surface area contributed by atoms with Gasteiger partial charge in [0.1, 0.15) is 6.54 Å². The Morgan fingerprint density at radius 2 is 1.65 bits per heavy atom. The summed E-state index contributed by atoms with van der Waals surface area (Å²) < 4.78 is 25.6. The predicted molar refractivity (Wildman–Crippen MR) is 108 cm³/mol. The summed E-state index contributed by atoms with van der Waals surface area (Å²) >= 11 is 6.22. The fourth-order valence-electron chi connectivity index (χ4n) is 2.85. The van der Waals surface area contributed by atoms with E-state index in [1.165, 1.54) is 0 Å². The Balaban J connectivity index is 2.31. The number of aryl methyl sites for hydroxylation is 4. The first-order valence-electron chi connectivity index (χ1n) is 8.10. The number of benzene rings is 2. The largest absolute Gasteiger partial charge is 0.323 e. The van der Waals surface area contributed by atoms with Gasteiger partial charge in [-0.2, -0.15) is 0 Å². The second kappa shape index (κ2) is 7.68. The highest BCUT2D eigenvalue weighted by molar-refractivity contribution is 7.92. The number of hydrogen-bond donors (Lipinski definition) is 1. The van der Waals surface area contributed by atoms with E-state index < -0.39 is 15.9 Å². The molecule has 0 aliphatic carbocycles. The molecule has 140 valence electrons. The van der Waals surface area contributed by atoms with E-state index in [4.69, 9.17) is 11.6 Å². The molecule has 0 atom stereocenters. The van der Waals surface area contributed by atoms with Gasteiger partial charge in [0.2, 0.25) is 15.9 Å². The lowest BCUT2D eigenvalue weighted by Crippen LogP contribution is -2.38. The van der Waals surface area contributed by atoms with E-state index in [1.54, 1.807) is 12.1 Å². The number of carbonyl (C=O) groups is 1. The van der Waals surface area contributed by atoms with Crippen LogP contribution in [0.1, 0.15) is 22.3 Å².